The maximum Gasteiger partial charge on any atom is 0.319 e. The van der Waals surface area contributed by atoms with Crippen LogP contribution in [0.3, 0.4) is 0 Å². The highest BCUT2D eigenvalue weighted by Gasteiger charge is 2.34. The van der Waals surface area contributed by atoms with Crippen molar-refractivity contribution < 1.29 is 14.3 Å². The summed E-state index contributed by atoms with van der Waals surface area (Å²) in [6, 6.07) is 13.6. The van der Waals surface area contributed by atoms with Crippen LogP contribution < -0.4 is 15.4 Å². The van der Waals surface area contributed by atoms with Gasteiger partial charge in [-0.2, -0.15) is 0 Å². The van der Waals surface area contributed by atoms with Gasteiger partial charge >= 0.3 is 6.03 Å². The maximum atomic E-state index is 12.5. The number of hydrogen-bond donors (Lipinski definition) is 2. The van der Waals surface area contributed by atoms with Crippen LogP contribution in [0.2, 0.25) is 0 Å². The first kappa shape index (κ1) is 19.2. The van der Waals surface area contributed by atoms with Gasteiger partial charge in [-0.05, 0) is 44.4 Å². The molecule has 144 valence electrons. The average molecular weight is 369 g/mol. The third kappa shape index (κ3) is 4.98. The number of nitrogens with one attached hydrogen (secondary N) is 2. The Bertz CT molecular complexity index is 743. The van der Waals surface area contributed by atoms with E-state index in [1.165, 1.54) is 5.56 Å². The monoisotopic (exact) mass is 369 g/mol. The van der Waals surface area contributed by atoms with Crippen LogP contribution >= 0.6 is 0 Å². The maximum absolute atomic E-state index is 12.5. The predicted molar refractivity (Wildman–Crippen MR) is 105 cm³/mol. The summed E-state index contributed by atoms with van der Waals surface area (Å²) < 4.78 is 11.2. The number of carbonyl (C=O) groups is 1. The van der Waals surface area contributed by atoms with Gasteiger partial charge < -0.3 is 20.1 Å². The number of pyridine rings is 1. The highest BCUT2D eigenvalue weighted by Crippen LogP contribution is 2.34. The summed E-state index contributed by atoms with van der Waals surface area (Å²) in [6.45, 7) is 5.80. The van der Waals surface area contributed by atoms with Crippen molar-refractivity contribution in [2.45, 2.75) is 38.2 Å². The molecule has 0 aliphatic carbocycles. The fourth-order valence-electron chi connectivity index (χ4n) is 3.34. The fourth-order valence-corrected chi connectivity index (χ4v) is 3.34. The SMILES string of the molecule is CC(C)Oc1ncccc1NC(=O)NCC1(c2ccccc2)CCOCC1. The van der Waals surface area contributed by atoms with Gasteiger partial charge in [-0.1, -0.05) is 30.3 Å². The lowest BCUT2D eigenvalue weighted by Gasteiger charge is -2.38. The lowest BCUT2D eigenvalue weighted by atomic mass is 9.74. The van der Waals surface area contributed by atoms with Crippen LogP contribution in [0.1, 0.15) is 32.3 Å². The second kappa shape index (κ2) is 8.86. The van der Waals surface area contributed by atoms with Gasteiger partial charge in [-0.3, -0.25) is 0 Å². The lowest BCUT2D eigenvalue weighted by molar-refractivity contribution is 0.0508. The topological polar surface area (TPSA) is 72.5 Å². The molecular formula is C21H27N3O3. The van der Waals surface area contributed by atoms with Crippen LogP contribution in [-0.2, 0) is 10.2 Å². The van der Waals surface area contributed by atoms with Gasteiger partial charge in [0.25, 0.3) is 0 Å². The summed E-state index contributed by atoms with van der Waals surface area (Å²) in [7, 11) is 0. The summed E-state index contributed by atoms with van der Waals surface area (Å²) in [5.74, 6) is 0.423. The molecule has 2 aromatic rings. The molecule has 2 amide bonds. The quantitative estimate of drug-likeness (QED) is 0.814. The second-order valence-corrected chi connectivity index (χ2v) is 7.09. The number of rotatable bonds is 6. The van der Waals surface area contributed by atoms with Crippen molar-refractivity contribution in [1.29, 1.82) is 0 Å². The molecule has 1 fully saturated rings. The Labute approximate surface area is 160 Å². The Morgan fingerprint density at radius 2 is 1.93 bits per heavy atom. The minimum Gasteiger partial charge on any atom is -0.473 e. The first-order valence-electron chi connectivity index (χ1n) is 9.39. The number of nitrogens with zero attached hydrogens (tertiary/aromatic N) is 1. The number of hydrogen-bond acceptors (Lipinski definition) is 4. The molecule has 2 N–H and O–H groups in total. The van der Waals surface area contributed by atoms with Crippen LogP contribution in [0.25, 0.3) is 0 Å². The molecule has 0 atom stereocenters. The average Bonchev–Trinajstić information content (AvgIpc) is 2.69. The molecule has 1 aliphatic rings. The van der Waals surface area contributed by atoms with Crippen LogP contribution in [0.15, 0.2) is 48.7 Å². The Balaban J connectivity index is 1.67. The standard InChI is InChI=1S/C21H27N3O3/c1-16(2)27-19-18(9-6-12-22-19)24-20(25)23-15-21(10-13-26-14-11-21)17-7-4-3-5-8-17/h3-9,12,16H,10-11,13-15H2,1-2H3,(H2,23,24,25). The van der Waals surface area contributed by atoms with E-state index in [0.29, 0.717) is 31.3 Å². The number of ether oxygens (including phenoxy) is 2. The largest absolute Gasteiger partial charge is 0.473 e. The van der Waals surface area contributed by atoms with Crippen molar-refractivity contribution in [2.24, 2.45) is 0 Å². The minimum atomic E-state index is -0.265. The second-order valence-electron chi connectivity index (χ2n) is 7.09. The molecule has 1 saturated heterocycles. The third-order valence-electron chi connectivity index (χ3n) is 4.79. The zero-order valence-electron chi connectivity index (χ0n) is 15.9. The zero-order valence-corrected chi connectivity index (χ0v) is 15.9. The Morgan fingerprint density at radius 1 is 1.19 bits per heavy atom. The predicted octanol–water partition coefficient (Wildman–Crippen LogP) is 3.74. The molecule has 6 heteroatoms. The van der Waals surface area contributed by atoms with E-state index in [9.17, 15) is 4.79 Å². The third-order valence-corrected chi connectivity index (χ3v) is 4.79. The van der Waals surface area contributed by atoms with E-state index in [4.69, 9.17) is 9.47 Å². The van der Waals surface area contributed by atoms with E-state index in [1.807, 2.05) is 32.0 Å². The smallest absolute Gasteiger partial charge is 0.319 e. The first-order chi connectivity index (χ1) is 13.1. The lowest BCUT2D eigenvalue weighted by Crippen LogP contribution is -2.45. The summed E-state index contributed by atoms with van der Waals surface area (Å²) >= 11 is 0. The van der Waals surface area contributed by atoms with Crippen LogP contribution in [0, 0.1) is 0 Å². The molecule has 0 radical (unpaired) electrons. The zero-order chi connectivity index (χ0) is 19.1. The Morgan fingerprint density at radius 3 is 2.63 bits per heavy atom. The molecule has 1 aromatic heterocycles. The molecule has 1 aromatic carbocycles. The molecule has 2 heterocycles. The van der Waals surface area contributed by atoms with Gasteiger partial charge in [0.2, 0.25) is 5.88 Å². The number of anilines is 1. The van der Waals surface area contributed by atoms with Crippen LogP contribution in [0.5, 0.6) is 5.88 Å². The molecule has 1 aliphatic heterocycles. The van der Waals surface area contributed by atoms with E-state index >= 15 is 0 Å². The summed E-state index contributed by atoms with van der Waals surface area (Å²) in [5, 5.41) is 5.89. The summed E-state index contributed by atoms with van der Waals surface area (Å²) in [4.78, 5) is 16.7. The molecule has 3 rings (SSSR count). The Hall–Kier alpha value is -2.60. The highest BCUT2D eigenvalue weighted by atomic mass is 16.5. The van der Waals surface area contributed by atoms with E-state index in [1.54, 1.807) is 18.3 Å². The van der Waals surface area contributed by atoms with Crippen molar-refractivity contribution >= 4 is 11.7 Å². The molecule has 0 unspecified atom stereocenters. The summed E-state index contributed by atoms with van der Waals surface area (Å²) in [6.07, 6.45) is 3.39. The first-order valence-corrected chi connectivity index (χ1v) is 9.39. The number of carbonyl (C=O) groups excluding carboxylic acids is 1. The fraction of sp³-hybridized carbons (Fsp3) is 0.429. The molecule has 0 saturated carbocycles. The van der Waals surface area contributed by atoms with Gasteiger partial charge in [0, 0.05) is 31.4 Å². The van der Waals surface area contributed by atoms with Crippen LogP contribution in [0.4, 0.5) is 10.5 Å². The highest BCUT2D eigenvalue weighted by molar-refractivity contribution is 5.90. The van der Waals surface area contributed by atoms with Gasteiger partial charge in [0.05, 0.1) is 6.10 Å². The molecule has 0 bridgehead atoms. The molecule has 0 spiro atoms. The number of urea groups is 1. The molecule has 6 nitrogen and oxygen atoms in total. The van der Waals surface area contributed by atoms with Gasteiger partial charge in [-0.25, -0.2) is 9.78 Å². The van der Waals surface area contributed by atoms with Crippen molar-refractivity contribution in [1.82, 2.24) is 10.3 Å². The van der Waals surface area contributed by atoms with E-state index in [0.717, 1.165) is 12.8 Å². The van der Waals surface area contributed by atoms with E-state index in [2.05, 4.69) is 27.8 Å². The van der Waals surface area contributed by atoms with Crippen molar-refractivity contribution in [2.75, 3.05) is 25.1 Å². The Kier molecular flexibility index (Phi) is 6.29. The van der Waals surface area contributed by atoms with Gasteiger partial charge in [0.15, 0.2) is 0 Å². The molecule has 27 heavy (non-hydrogen) atoms. The number of aromatic nitrogens is 1. The summed E-state index contributed by atoms with van der Waals surface area (Å²) in [5.41, 5.74) is 1.69. The van der Waals surface area contributed by atoms with Crippen molar-refractivity contribution in [3.63, 3.8) is 0 Å². The van der Waals surface area contributed by atoms with Crippen LogP contribution in [-0.4, -0.2) is 36.9 Å². The van der Waals surface area contributed by atoms with Gasteiger partial charge in [-0.15, -0.1) is 0 Å². The normalized spacial score (nSPS) is 16.0. The molecular weight excluding hydrogens is 342 g/mol. The number of benzene rings is 1. The number of amides is 2. The van der Waals surface area contributed by atoms with E-state index in [-0.39, 0.29) is 17.6 Å². The van der Waals surface area contributed by atoms with E-state index < -0.39 is 0 Å². The minimum absolute atomic E-state index is 0.0212. The van der Waals surface area contributed by atoms with Crippen molar-refractivity contribution in [3.05, 3.63) is 54.2 Å². The van der Waals surface area contributed by atoms with Gasteiger partial charge in [0.1, 0.15) is 5.69 Å². The van der Waals surface area contributed by atoms with Crippen molar-refractivity contribution in [3.8, 4) is 5.88 Å².